The number of likely N-dealkylation sites (N-methyl/N-ethyl adjacent to an activating group) is 2. The lowest BCUT2D eigenvalue weighted by molar-refractivity contribution is -0.123. The summed E-state index contributed by atoms with van der Waals surface area (Å²) in [6.45, 7) is 3.59. The molecule has 4 aliphatic rings. The van der Waals surface area contributed by atoms with Crippen LogP contribution >= 0.6 is 0 Å². The Labute approximate surface area is 238 Å². The number of aliphatic hydroxyl groups is 1. The van der Waals surface area contributed by atoms with Crippen molar-refractivity contribution in [3.05, 3.63) is 70.4 Å². The topological polar surface area (TPSA) is 124 Å². The molecule has 2 unspecified atom stereocenters. The zero-order valence-electron chi connectivity index (χ0n) is 23.4. The third-order valence-electron chi connectivity index (χ3n) is 8.69. The van der Waals surface area contributed by atoms with Crippen LogP contribution in [0.2, 0.25) is 0 Å². The van der Waals surface area contributed by atoms with E-state index in [-0.39, 0.29) is 18.3 Å². The molecule has 0 saturated carbocycles. The number of anilines is 2. The van der Waals surface area contributed by atoms with Crippen molar-refractivity contribution in [3.8, 4) is 0 Å². The molecule has 0 spiro atoms. The highest BCUT2D eigenvalue weighted by molar-refractivity contribution is 5.99. The molecule has 4 aliphatic heterocycles. The van der Waals surface area contributed by atoms with Gasteiger partial charge in [0.1, 0.15) is 17.9 Å². The van der Waals surface area contributed by atoms with E-state index < -0.39 is 12.1 Å². The largest absolute Gasteiger partial charge is 0.392 e. The van der Waals surface area contributed by atoms with Crippen LogP contribution in [0.4, 0.5) is 11.6 Å². The molecule has 12 nitrogen and oxygen atoms in total. The monoisotopic (exact) mass is 557 g/mol. The fourth-order valence-electron chi connectivity index (χ4n) is 6.65. The van der Waals surface area contributed by atoms with Crippen molar-refractivity contribution in [2.24, 2.45) is 0 Å². The number of aliphatic hydroxyl groups excluding tert-OH is 1. The van der Waals surface area contributed by atoms with Gasteiger partial charge in [0, 0.05) is 62.0 Å². The van der Waals surface area contributed by atoms with Crippen LogP contribution in [0.3, 0.4) is 0 Å². The van der Waals surface area contributed by atoms with Crippen LogP contribution in [0.25, 0.3) is 0 Å². The first-order valence-corrected chi connectivity index (χ1v) is 14.2. The van der Waals surface area contributed by atoms with E-state index >= 15 is 0 Å². The Morgan fingerprint density at radius 2 is 2.02 bits per heavy atom. The molecule has 3 aromatic rings. The average molecular weight is 558 g/mol. The van der Waals surface area contributed by atoms with Gasteiger partial charge < -0.3 is 19.9 Å². The molecule has 7 heterocycles. The van der Waals surface area contributed by atoms with Gasteiger partial charge in [-0.3, -0.25) is 29.6 Å². The maximum Gasteiger partial charge on any atom is 0.272 e. The van der Waals surface area contributed by atoms with E-state index in [1.54, 1.807) is 17.3 Å². The molecule has 0 fully saturated rings. The predicted molar refractivity (Wildman–Crippen MR) is 152 cm³/mol. The summed E-state index contributed by atoms with van der Waals surface area (Å²) in [5, 5.41) is 20.3. The molecule has 0 bridgehead atoms. The van der Waals surface area contributed by atoms with Crippen LogP contribution in [0.5, 0.6) is 0 Å². The van der Waals surface area contributed by atoms with Crippen molar-refractivity contribution in [2.75, 3.05) is 31.0 Å². The summed E-state index contributed by atoms with van der Waals surface area (Å²) in [6.07, 6.45) is 10.5. The molecule has 1 amide bonds. The average Bonchev–Trinajstić information content (AvgIpc) is 3.55. The Morgan fingerprint density at radius 1 is 1.15 bits per heavy atom. The number of rotatable bonds is 5. The molecule has 2 atom stereocenters. The SMILES string of the molecule is CN1CCn2nc(NC3C=CN(C)C(c4ccnc(N5Cc6cn7c(c6C(=O)N5)CCCC7)c4CO)C3=O)cc2C1. The minimum Gasteiger partial charge on any atom is -0.392 e. The minimum absolute atomic E-state index is 0.0602. The first-order valence-electron chi connectivity index (χ1n) is 14.2. The van der Waals surface area contributed by atoms with Gasteiger partial charge in [-0.1, -0.05) is 0 Å². The van der Waals surface area contributed by atoms with Gasteiger partial charge in [-0.15, -0.1) is 0 Å². The highest BCUT2D eigenvalue weighted by Gasteiger charge is 2.37. The summed E-state index contributed by atoms with van der Waals surface area (Å²) in [4.78, 5) is 35.8. The number of pyridine rings is 1. The zero-order valence-corrected chi connectivity index (χ0v) is 23.4. The normalized spacial score (nSPS) is 22.3. The quantitative estimate of drug-likeness (QED) is 0.429. The van der Waals surface area contributed by atoms with Crippen molar-refractivity contribution in [1.29, 1.82) is 0 Å². The third-order valence-corrected chi connectivity index (χ3v) is 8.69. The summed E-state index contributed by atoms with van der Waals surface area (Å²) in [7, 11) is 3.93. The van der Waals surface area contributed by atoms with E-state index in [9.17, 15) is 14.7 Å². The van der Waals surface area contributed by atoms with Gasteiger partial charge >= 0.3 is 0 Å². The Hall–Kier alpha value is -4.16. The summed E-state index contributed by atoms with van der Waals surface area (Å²) >= 11 is 0. The van der Waals surface area contributed by atoms with Crippen molar-refractivity contribution in [2.45, 2.75) is 64.1 Å². The molecule has 0 aliphatic carbocycles. The van der Waals surface area contributed by atoms with Crippen LogP contribution in [0.1, 0.15) is 57.3 Å². The number of hydrogen-bond acceptors (Lipinski definition) is 9. The number of nitrogens with one attached hydrogen (secondary N) is 2. The second-order valence-electron chi connectivity index (χ2n) is 11.4. The van der Waals surface area contributed by atoms with Crippen LogP contribution in [-0.2, 0) is 44.0 Å². The van der Waals surface area contributed by atoms with Crippen LogP contribution in [0, 0.1) is 0 Å². The number of carbonyl (C=O) groups excluding carboxylic acids is 2. The molecule has 214 valence electrons. The highest BCUT2D eigenvalue weighted by atomic mass is 16.3. The number of aryl methyl sites for hydroxylation is 1. The van der Waals surface area contributed by atoms with E-state index in [1.807, 2.05) is 35.0 Å². The second-order valence-corrected chi connectivity index (χ2v) is 11.4. The molecule has 3 aromatic heterocycles. The third kappa shape index (κ3) is 4.38. The molecule has 41 heavy (non-hydrogen) atoms. The van der Waals surface area contributed by atoms with Crippen molar-refractivity contribution in [1.82, 2.24) is 34.6 Å². The number of aromatic nitrogens is 4. The summed E-state index contributed by atoms with van der Waals surface area (Å²) in [5.74, 6) is 0.890. The molecular weight excluding hydrogens is 522 g/mol. The number of Topliss-reactive ketones (excluding diaryl/α,β-unsaturated/α-hetero) is 1. The summed E-state index contributed by atoms with van der Waals surface area (Å²) < 4.78 is 4.18. The van der Waals surface area contributed by atoms with Crippen LogP contribution < -0.4 is 15.8 Å². The number of hydrazine groups is 1. The van der Waals surface area contributed by atoms with Gasteiger partial charge in [-0.25, -0.2) is 4.98 Å². The van der Waals surface area contributed by atoms with E-state index in [2.05, 4.69) is 43.5 Å². The van der Waals surface area contributed by atoms with Gasteiger partial charge in [0.05, 0.1) is 31.0 Å². The minimum atomic E-state index is -0.650. The van der Waals surface area contributed by atoms with Gasteiger partial charge in [0.2, 0.25) is 0 Å². The number of fused-ring (bicyclic) bond motifs is 4. The molecule has 0 aromatic carbocycles. The lowest BCUT2D eigenvalue weighted by atomic mass is 9.91. The van der Waals surface area contributed by atoms with Crippen molar-refractivity contribution in [3.63, 3.8) is 0 Å². The van der Waals surface area contributed by atoms with Gasteiger partial charge in [-0.05, 0) is 50.2 Å². The van der Waals surface area contributed by atoms with E-state index in [0.29, 0.717) is 29.3 Å². The van der Waals surface area contributed by atoms with Crippen molar-refractivity contribution >= 4 is 23.3 Å². The lowest BCUT2D eigenvalue weighted by Gasteiger charge is -2.35. The van der Waals surface area contributed by atoms with Crippen molar-refractivity contribution < 1.29 is 14.7 Å². The number of carbonyl (C=O) groups is 2. The van der Waals surface area contributed by atoms with Crippen LogP contribution in [-0.4, -0.2) is 72.6 Å². The van der Waals surface area contributed by atoms with Gasteiger partial charge in [-0.2, -0.15) is 5.10 Å². The van der Waals surface area contributed by atoms with Gasteiger partial charge in [0.25, 0.3) is 5.91 Å². The molecule has 7 rings (SSSR count). The molecular formula is C29H35N9O3. The van der Waals surface area contributed by atoms with E-state index in [4.69, 9.17) is 0 Å². The molecule has 12 heteroatoms. The smallest absolute Gasteiger partial charge is 0.272 e. The Morgan fingerprint density at radius 3 is 2.88 bits per heavy atom. The van der Waals surface area contributed by atoms with Gasteiger partial charge in [0.15, 0.2) is 11.6 Å². The van der Waals surface area contributed by atoms with E-state index in [1.165, 1.54) is 0 Å². The lowest BCUT2D eigenvalue weighted by Crippen LogP contribution is -2.47. The maximum atomic E-state index is 13.9. The molecule has 3 N–H and O–H groups in total. The predicted octanol–water partition coefficient (Wildman–Crippen LogP) is 1.57. The highest BCUT2D eigenvalue weighted by Crippen LogP contribution is 2.35. The number of amides is 1. The van der Waals surface area contributed by atoms with Crippen LogP contribution in [0.15, 0.2) is 36.8 Å². The first kappa shape index (κ1) is 25.8. The fourth-order valence-corrected chi connectivity index (χ4v) is 6.65. The Balaban J connectivity index is 1.17. The first-order chi connectivity index (χ1) is 19.9. The molecule has 0 saturated heterocycles. The number of ketones is 1. The maximum absolute atomic E-state index is 13.9. The molecule has 0 radical (unpaired) electrons. The summed E-state index contributed by atoms with van der Waals surface area (Å²) in [6, 6.07) is 2.55. The zero-order chi connectivity index (χ0) is 28.2. The second kappa shape index (κ2) is 10.0. The Bertz CT molecular complexity index is 1560. The standard InChI is InChI=1S/C29H35N9O3/c1-34-11-12-37-19(16-34)13-24(32-37)31-22-7-10-35(2)26(27(22)40)20-6-8-30-28(21(20)17-39)38-15-18-14-36-9-4-3-5-23(36)25(18)29(41)33-38/h6-8,10,13-14,22,26,39H,3-5,9,11-12,15-17H2,1-2H3,(H,31,32)(H,33,41). The summed E-state index contributed by atoms with van der Waals surface area (Å²) in [5.41, 5.74) is 8.08. The number of hydrogen-bond donors (Lipinski definition) is 3. The number of nitrogens with zero attached hydrogens (tertiary/aromatic N) is 7. The fraction of sp³-hybridized carbons (Fsp3) is 0.448. The Kier molecular flexibility index (Phi) is 6.31. The van der Waals surface area contributed by atoms with E-state index in [0.717, 1.165) is 68.0 Å².